The van der Waals surface area contributed by atoms with E-state index in [1.807, 2.05) is 23.9 Å². The van der Waals surface area contributed by atoms with Crippen LogP contribution in [0.15, 0.2) is 30.1 Å². The van der Waals surface area contributed by atoms with Crippen LogP contribution in [0.25, 0.3) is 11.0 Å². The summed E-state index contributed by atoms with van der Waals surface area (Å²) in [7, 11) is 0. The van der Waals surface area contributed by atoms with Crippen LogP contribution in [0.2, 0.25) is 0 Å². The standard InChI is InChI=1S/C17H24N4OS/c1-3-13(6-4-5-7-14(22)9-11-23-2)21-17-15-8-10-18-16(15)19-12-20-17/h8-13H,3-7H2,1-2H3,(H2,18,19,20,21)/b11-9+/t13-/m0/s1. The lowest BCUT2D eigenvalue weighted by Gasteiger charge is -2.17. The summed E-state index contributed by atoms with van der Waals surface area (Å²) in [5, 5.41) is 6.37. The largest absolute Gasteiger partial charge is 0.367 e. The number of nitrogens with zero attached hydrogens (tertiary/aromatic N) is 2. The molecule has 0 aromatic carbocycles. The molecule has 0 aliphatic heterocycles. The number of H-pyrrole nitrogens is 1. The highest BCUT2D eigenvalue weighted by Crippen LogP contribution is 2.20. The summed E-state index contributed by atoms with van der Waals surface area (Å²) in [5.41, 5.74) is 0.850. The smallest absolute Gasteiger partial charge is 0.156 e. The van der Waals surface area contributed by atoms with E-state index in [-0.39, 0.29) is 5.78 Å². The van der Waals surface area contributed by atoms with Crippen molar-refractivity contribution in [3.63, 3.8) is 0 Å². The molecule has 0 aliphatic carbocycles. The molecular formula is C17H24N4OS. The van der Waals surface area contributed by atoms with Gasteiger partial charge in [0.2, 0.25) is 0 Å². The molecule has 2 aromatic heterocycles. The summed E-state index contributed by atoms with van der Waals surface area (Å²) in [6.45, 7) is 2.17. The van der Waals surface area contributed by atoms with Crippen LogP contribution >= 0.6 is 11.8 Å². The number of nitrogens with one attached hydrogen (secondary N) is 2. The molecule has 0 spiro atoms. The second kappa shape index (κ2) is 9.35. The summed E-state index contributed by atoms with van der Waals surface area (Å²) in [5.74, 6) is 1.09. The highest BCUT2D eigenvalue weighted by atomic mass is 32.2. The van der Waals surface area contributed by atoms with Crippen molar-refractivity contribution < 1.29 is 4.79 Å². The third-order valence-electron chi connectivity index (χ3n) is 3.80. The van der Waals surface area contributed by atoms with Gasteiger partial charge in [-0.25, -0.2) is 9.97 Å². The van der Waals surface area contributed by atoms with E-state index < -0.39 is 0 Å². The SMILES string of the molecule is CC[C@@H](CCCCC(=O)/C=C/SC)Nc1ncnc2[nH]ccc12. The lowest BCUT2D eigenvalue weighted by Crippen LogP contribution is -2.19. The van der Waals surface area contributed by atoms with Gasteiger partial charge in [0.1, 0.15) is 17.8 Å². The van der Waals surface area contributed by atoms with Crippen molar-refractivity contribution in [3.05, 3.63) is 30.1 Å². The zero-order valence-electron chi connectivity index (χ0n) is 13.7. The number of aromatic amines is 1. The Kier molecular flexibility index (Phi) is 7.13. The number of thioether (sulfide) groups is 1. The first-order chi connectivity index (χ1) is 11.2. The fraction of sp³-hybridized carbons (Fsp3) is 0.471. The first kappa shape index (κ1) is 17.5. The van der Waals surface area contributed by atoms with E-state index in [9.17, 15) is 4.79 Å². The van der Waals surface area contributed by atoms with Crippen molar-refractivity contribution in [1.29, 1.82) is 0 Å². The van der Waals surface area contributed by atoms with Crippen molar-refractivity contribution >= 4 is 34.4 Å². The lowest BCUT2D eigenvalue weighted by atomic mass is 10.0. The van der Waals surface area contributed by atoms with E-state index in [1.165, 1.54) is 0 Å². The zero-order chi connectivity index (χ0) is 16.5. The molecule has 0 bridgehead atoms. The van der Waals surface area contributed by atoms with Crippen LogP contribution < -0.4 is 5.32 Å². The molecule has 0 aliphatic rings. The van der Waals surface area contributed by atoms with Gasteiger partial charge in [-0.3, -0.25) is 4.79 Å². The predicted molar refractivity (Wildman–Crippen MR) is 97.7 cm³/mol. The van der Waals surface area contributed by atoms with Crippen molar-refractivity contribution in [2.75, 3.05) is 11.6 Å². The number of hydrogen-bond donors (Lipinski definition) is 2. The highest BCUT2D eigenvalue weighted by Gasteiger charge is 2.10. The Balaban J connectivity index is 1.80. The topological polar surface area (TPSA) is 70.7 Å². The number of fused-ring (bicyclic) bond motifs is 1. The molecule has 5 nitrogen and oxygen atoms in total. The second-order valence-electron chi connectivity index (χ2n) is 5.46. The maximum atomic E-state index is 11.6. The summed E-state index contributed by atoms with van der Waals surface area (Å²) < 4.78 is 0. The molecule has 1 atom stereocenters. The first-order valence-corrected chi connectivity index (χ1v) is 9.30. The minimum Gasteiger partial charge on any atom is -0.367 e. The molecule has 0 unspecified atom stereocenters. The molecule has 0 fully saturated rings. The van der Waals surface area contributed by atoms with Gasteiger partial charge in [-0.15, -0.1) is 11.8 Å². The number of unbranched alkanes of at least 4 members (excludes halogenated alkanes) is 1. The number of carbonyl (C=O) groups is 1. The van der Waals surface area contributed by atoms with Gasteiger partial charge < -0.3 is 10.3 Å². The van der Waals surface area contributed by atoms with Gasteiger partial charge in [0.05, 0.1) is 5.39 Å². The van der Waals surface area contributed by atoms with Gasteiger partial charge >= 0.3 is 0 Å². The van der Waals surface area contributed by atoms with E-state index in [0.29, 0.717) is 12.5 Å². The Hall–Kier alpha value is -1.82. The Bertz CT molecular complexity index is 653. The first-order valence-electron chi connectivity index (χ1n) is 8.01. The van der Waals surface area contributed by atoms with Gasteiger partial charge in [0.15, 0.2) is 5.78 Å². The summed E-state index contributed by atoms with van der Waals surface area (Å²) >= 11 is 1.55. The molecule has 0 saturated heterocycles. The quantitative estimate of drug-likeness (QED) is 0.505. The average molecular weight is 332 g/mol. The number of hydrogen-bond acceptors (Lipinski definition) is 5. The van der Waals surface area contributed by atoms with Crippen LogP contribution in [-0.4, -0.2) is 33.0 Å². The van der Waals surface area contributed by atoms with E-state index in [2.05, 4.69) is 27.2 Å². The Morgan fingerprint density at radius 3 is 3.09 bits per heavy atom. The Labute approximate surface area is 141 Å². The van der Waals surface area contributed by atoms with E-state index in [1.54, 1.807) is 24.2 Å². The van der Waals surface area contributed by atoms with Crippen molar-refractivity contribution in [2.45, 2.75) is 45.1 Å². The van der Waals surface area contributed by atoms with Crippen LogP contribution in [0.5, 0.6) is 0 Å². The van der Waals surface area contributed by atoms with E-state index in [0.717, 1.165) is 42.5 Å². The minimum absolute atomic E-state index is 0.213. The molecule has 0 amide bonds. The van der Waals surface area contributed by atoms with Gasteiger partial charge in [-0.1, -0.05) is 13.3 Å². The van der Waals surface area contributed by atoms with Crippen molar-refractivity contribution in [2.24, 2.45) is 0 Å². The Morgan fingerprint density at radius 2 is 2.30 bits per heavy atom. The van der Waals surface area contributed by atoms with Crippen LogP contribution in [0.4, 0.5) is 5.82 Å². The summed E-state index contributed by atoms with van der Waals surface area (Å²) in [4.78, 5) is 23.2. The van der Waals surface area contributed by atoms with E-state index in [4.69, 9.17) is 0 Å². The molecule has 0 saturated carbocycles. The zero-order valence-corrected chi connectivity index (χ0v) is 14.5. The molecule has 2 aromatic rings. The Morgan fingerprint density at radius 1 is 1.43 bits per heavy atom. The van der Waals surface area contributed by atoms with Crippen LogP contribution in [0.3, 0.4) is 0 Å². The van der Waals surface area contributed by atoms with Gasteiger partial charge in [-0.05, 0) is 43.1 Å². The third-order valence-corrected chi connectivity index (χ3v) is 4.21. The number of anilines is 1. The number of allylic oxidation sites excluding steroid dienone is 1. The van der Waals surface area contributed by atoms with Crippen molar-refractivity contribution in [3.8, 4) is 0 Å². The molecule has 6 heteroatoms. The maximum Gasteiger partial charge on any atom is 0.156 e. The fourth-order valence-electron chi connectivity index (χ4n) is 2.48. The van der Waals surface area contributed by atoms with Gasteiger partial charge in [-0.2, -0.15) is 0 Å². The fourth-order valence-corrected chi connectivity index (χ4v) is 2.76. The van der Waals surface area contributed by atoms with Crippen LogP contribution in [0.1, 0.15) is 39.0 Å². The average Bonchev–Trinajstić information content (AvgIpc) is 3.05. The molecule has 2 rings (SSSR count). The predicted octanol–water partition coefficient (Wildman–Crippen LogP) is 4.15. The molecule has 124 valence electrons. The van der Waals surface area contributed by atoms with Gasteiger partial charge in [0.25, 0.3) is 0 Å². The van der Waals surface area contributed by atoms with Crippen molar-refractivity contribution in [1.82, 2.24) is 15.0 Å². The molecule has 2 heterocycles. The van der Waals surface area contributed by atoms with Gasteiger partial charge in [0, 0.05) is 18.7 Å². The summed E-state index contributed by atoms with van der Waals surface area (Å²) in [6.07, 6.45) is 11.7. The lowest BCUT2D eigenvalue weighted by molar-refractivity contribution is -0.114. The second-order valence-corrected chi connectivity index (χ2v) is 6.21. The maximum absolute atomic E-state index is 11.6. The van der Waals surface area contributed by atoms with Crippen LogP contribution in [0, 0.1) is 0 Å². The molecule has 0 radical (unpaired) electrons. The molecule has 2 N–H and O–H groups in total. The van der Waals surface area contributed by atoms with E-state index >= 15 is 0 Å². The molecule has 23 heavy (non-hydrogen) atoms. The number of carbonyl (C=O) groups excluding carboxylic acids is 1. The third kappa shape index (κ3) is 5.39. The monoisotopic (exact) mass is 332 g/mol. The summed E-state index contributed by atoms with van der Waals surface area (Å²) in [6, 6.07) is 2.35. The highest BCUT2D eigenvalue weighted by molar-refractivity contribution is 8.01. The number of rotatable bonds is 10. The number of aromatic nitrogens is 3. The minimum atomic E-state index is 0.213. The number of ketones is 1. The molecular weight excluding hydrogens is 308 g/mol. The van der Waals surface area contributed by atoms with Crippen LogP contribution in [-0.2, 0) is 4.79 Å². The normalized spacial score (nSPS) is 12.8.